The van der Waals surface area contributed by atoms with Crippen LogP contribution in [0.4, 0.5) is 0 Å². The lowest BCUT2D eigenvalue weighted by Gasteiger charge is -2.13. The van der Waals surface area contributed by atoms with Crippen LogP contribution in [0.1, 0.15) is 41.9 Å². The van der Waals surface area contributed by atoms with Crippen LogP contribution in [0.3, 0.4) is 0 Å². The van der Waals surface area contributed by atoms with Crippen LogP contribution in [0.5, 0.6) is 5.75 Å². The van der Waals surface area contributed by atoms with Crippen LogP contribution < -0.4 is 10.5 Å². The second-order valence-corrected chi connectivity index (χ2v) is 6.60. The Bertz CT molecular complexity index is 586. The van der Waals surface area contributed by atoms with Crippen LogP contribution in [0.25, 0.3) is 0 Å². The summed E-state index contributed by atoms with van der Waals surface area (Å²) in [6.07, 6.45) is 0.756. The molecular formula is C14H18BrN3OS. The Morgan fingerprint density at radius 1 is 1.40 bits per heavy atom. The van der Waals surface area contributed by atoms with Gasteiger partial charge in [0, 0.05) is 6.04 Å². The Labute approximate surface area is 131 Å². The van der Waals surface area contributed by atoms with E-state index in [1.165, 1.54) is 11.5 Å². The fourth-order valence-electron chi connectivity index (χ4n) is 2.05. The Kier molecular flexibility index (Phi) is 5.12. The third kappa shape index (κ3) is 3.37. The molecule has 2 N–H and O–H groups in total. The first-order valence-corrected chi connectivity index (χ1v) is 7.99. The molecule has 0 aliphatic heterocycles. The van der Waals surface area contributed by atoms with Crippen LogP contribution in [-0.4, -0.2) is 16.7 Å². The zero-order chi connectivity index (χ0) is 14.7. The molecule has 1 heterocycles. The maximum atomic E-state index is 6.31. The second kappa shape index (κ2) is 6.65. The Hall–Kier alpha value is -0.980. The molecule has 0 aliphatic rings. The van der Waals surface area contributed by atoms with E-state index in [2.05, 4.69) is 39.4 Å². The van der Waals surface area contributed by atoms with Gasteiger partial charge >= 0.3 is 0 Å². The molecule has 1 atom stereocenters. The van der Waals surface area contributed by atoms with E-state index in [-0.39, 0.29) is 6.04 Å². The first-order chi connectivity index (χ1) is 9.52. The Morgan fingerprint density at radius 3 is 2.75 bits per heavy atom. The molecule has 1 unspecified atom stereocenters. The van der Waals surface area contributed by atoms with Crippen molar-refractivity contribution in [3.8, 4) is 5.75 Å². The van der Waals surface area contributed by atoms with Crippen molar-refractivity contribution >= 4 is 27.5 Å². The molecule has 108 valence electrons. The van der Waals surface area contributed by atoms with Crippen molar-refractivity contribution in [2.24, 2.45) is 5.73 Å². The van der Waals surface area contributed by atoms with E-state index in [1.807, 2.05) is 18.2 Å². The predicted octanol–water partition coefficient (Wildman–Crippen LogP) is 3.68. The van der Waals surface area contributed by atoms with Gasteiger partial charge in [-0.1, -0.05) is 24.4 Å². The van der Waals surface area contributed by atoms with Crippen LogP contribution in [0.2, 0.25) is 0 Å². The molecule has 0 spiro atoms. The van der Waals surface area contributed by atoms with Crippen molar-refractivity contribution in [2.75, 3.05) is 7.11 Å². The molecule has 0 radical (unpaired) electrons. The van der Waals surface area contributed by atoms with Crippen molar-refractivity contribution in [1.82, 2.24) is 9.59 Å². The minimum atomic E-state index is -0.0762. The summed E-state index contributed by atoms with van der Waals surface area (Å²) in [7, 11) is 1.66. The monoisotopic (exact) mass is 355 g/mol. The number of hydrogen-bond donors (Lipinski definition) is 1. The third-order valence-corrected chi connectivity index (χ3v) is 4.59. The number of ether oxygens (including phenoxy) is 1. The number of methoxy groups -OCH3 is 1. The molecule has 2 aromatic rings. The fourth-order valence-corrected chi connectivity index (χ4v) is 3.44. The average molecular weight is 356 g/mol. The van der Waals surface area contributed by atoms with Gasteiger partial charge in [0.05, 0.1) is 22.2 Å². The van der Waals surface area contributed by atoms with Crippen LogP contribution in [-0.2, 0) is 6.42 Å². The number of benzene rings is 1. The number of hydrogen-bond acceptors (Lipinski definition) is 5. The molecule has 1 aromatic heterocycles. The summed E-state index contributed by atoms with van der Waals surface area (Å²) in [6.45, 7) is 4.22. The molecule has 0 saturated heterocycles. The lowest BCUT2D eigenvalue weighted by Crippen LogP contribution is -2.14. The fraction of sp³-hybridized carbons (Fsp3) is 0.429. The van der Waals surface area contributed by atoms with Gasteiger partial charge in [0.2, 0.25) is 0 Å². The molecule has 4 nitrogen and oxygen atoms in total. The summed E-state index contributed by atoms with van der Waals surface area (Å²) in [5.74, 6) is 1.17. The summed E-state index contributed by atoms with van der Waals surface area (Å²) >= 11 is 4.89. The molecular weight excluding hydrogens is 338 g/mol. The summed E-state index contributed by atoms with van der Waals surface area (Å²) in [6, 6.07) is 5.95. The smallest absolute Gasteiger partial charge is 0.133 e. The summed E-state index contributed by atoms with van der Waals surface area (Å²) in [4.78, 5) is 1.08. The summed E-state index contributed by atoms with van der Waals surface area (Å²) < 4.78 is 10.2. The van der Waals surface area contributed by atoms with Gasteiger partial charge in [0.1, 0.15) is 5.75 Å². The lowest BCUT2D eigenvalue weighted by molar-refractivity contribution is 0.412. The highest BCUT2D eigenvalue weighted by atomic mass is 79.9. The van der Waals surface area contributed by atoms with Crippen molar-refractivity contribution in [3.63, 3.8) is 0 Å². The second-order valence-electron chi connectivity index (χ2n) is 4.96. The van der Waals surface area contributed by atoms with Crippen LogP contribution in [0, 0.1) is 0 Å². The van der Waals surface area contributed by atoms with Gasteiger partial charge in [-0.05, 0) is 57.5 Å². The number of nitrogens with zero attached hydrogens (tertiary/aromatic N) is 2. The lowest BCUT2D eigenvalue weighted by atomic mass is 10.0. The number of aromatic nitrogens is 2. The molecule has 0 saturated carbocycles. The molecule has 20 heavy (non-hydrogen) atoms. The zero-order valence-corrected chi connectivity index (χ0v) is 14.2. The number of rotatable bonds is 5. The highest BCUT2D eigenvalue weighted by Crippen LogP contribution is 2.30. The Balaban J connectivity index is 2.17. The van der Waals surface area contributed by atoms with E-state index in [9.17, 15) is 0 Å². The largest absolute Gasteiger partial charge is 0.496 e. The van der Waals surface area contributed by atoms with E-state index in [4.69, 9.17) is 10.5 Å². The third-order valence-electron chi connectivity index (χ3n) is 3.10. The van der Waals surface area contributed by atoms with Crippen molar-refractivity contribution < 1.29 is 4.74 Å². The molecule has 0 aliphatic carbocycles. The number of halogens is 1. The van der Waals surface area contributed by atoms with E-state index < -0.39 is 0 Å². The predicted molar refractivity (Wildman–Crippen MR) is 85.3 cm³/mol. The van der Waals surface area contributed by atoms with Gasteiger partial charge in [-0.2, -0.15) is 0 Å². The molecule has 0 fully saturated rings. The van der Waals surface area contributed by atoms with E-state index in [0.29, 0.717) is 5.92 Å². The Morgan fingerprint density at radius 2 is 2.15 bits per heavy atom. The van der Waals surface area contributed by atoms with E-state index in [1.54, 1.807) is 7.11 Å². The zero-order valence-electron chi connectivity index (χ0n) is 11.8. The van der Waals surface area contributed by atoms with Crippen LogP contribution >= 0.6 is 27.5 Å². The molecule has 2 rings (SSSR count). The van der Waals surface area contributed by atoms with Gasteiger partial charge in [0.25, 0.3) is 0 Å². The maximum absolute atomic E-state index is 6.31. The van der Waals surface area contributed by atoms with E-state index in [0.717, 1.165) is 32.8 Å². The first kappa shape index (κ1) is 15.4. The molecule has 1 aromatic carbocycles. The maximum Gasteiger partial charge on any atom is 0.133 e. The minimum absolute atomic E-state index is 0.0762. The molecule has 6 heteroatoms. The standard InChI is InChI=1S/C14H18BrN3OS/c1-8(2)13-14(20-18-17-13)11(16)7-9-4-5-12(19-3)10(15)6-9/h4-6,8,11H,7,16H2,1-3H3. The first-order valence-electron chi connectivity index (χ1n) is 6.43. The van der Waals surface area contributed by atoms with E-state index >= 15 is 0 Å². The normalized spacial score (nSPS) is 12.7. The summed E-state index contributed by atoms with van der Waals surface area (Å²) in [5.41, 5.74) is 8.48. The number of nitrogens with two attached hydrogens (primary N) is 1. The summed E-state index contributed by atoms with van der Waals surface area (Å²) in [5, 5.41) is 4.18. The highest BCUT2D eigenvalue weighted by molar-refractivity contribution is 9.10. The van der Waals surface area contributed by atoms with Gasteiger partial charge in [0.15, 0.2) is 0 Å². The molecule has 0 bridgehead atoms. The van der Waals surface area contributed by atoms with Gasteiger partial charge in [-0.25, -0.2) is 0 Å². The quantitative estimate of drug-likeness (QED) is 0.888. The SMILES string of the molecule is COc1ccc(CC(N)c2snnc2C(C)C)cc1Br. The topological polar surface area (TPSA) is 61.0 Å². The van der Waals surface area contributed by atoms with Gasteiger partial charge in [-0.3, -0.25) is 0 Å². The highest BCUT2D eigenvalue weighted by Gasteiger charge is 2.18. The van der Waals surface area contributed by atoms with Gasteiger partial charge < -0.3 is 10.5 Å². The average Bonchev–Trinajstić information content (AvgIpc) is 2.88. The van der Waals surface area contributed by atoms with Crippen LogP contribution in [0.15, 0.2) is 22.7 Å². The van der Waals surface area contributed by atoms with Crippen molar-refractivity contribution in [2.45, 2.75) is 32.2 Å². The van der Waals surface area contributed by atoms with Gasteiger partial charge in [-0.15, -0.1) is 5.10 Å². The van der Waals surface area contributed by atoms with Crippen molar-refractivity contribution in [3.05, 3.63) is 38.8 Å². The molecule has 0 amide bonds. The van der Waals surface area contributed by atoms with Crippen molar-refractivity contribution in [1.29, 1.82) is 0 Å². The minimum Gasteiger partial charge on any atom is -0.496 e.